The van der Waals surface area contributed by atoms with E-state index in [4.69, 9.17) is 15.2 Å². The molecule has 0 amide bonds. The summed E-state index contributed by atoms with van der Waals surface area (Å²) in [6.07, 6.45) is 6.41. The van der Waals surface area contributed by atoms with Gasteiger partial charge in [0, 0.05) is 13.5 Å². The van der Waals surface area contributed by atoms with E-state index in [-0.39, 0.29) is 11.6 Å². The second-order valence-electron chi connectivity index (χ2n) is 3.84. The van der Waals surface area contributed by atoms with Crippen LogP contribution in [0.1, 0.15) is 25.7 Å². The maximum atomic E-state index is 6.11. The Balaban J connectivity index is 2.05. The summed E-state index contributed by atoms with van der Waals surface area (Å²) in [5.74, 6) is 0.932. The molecule has 13 heavy (non-hydrogen) atoms. The zero-order chi connectivity index (χ0) is 9.31. The predicted molar refractivity (Wildman–Crippen MR) is 50.2 cm³/mol. The summed E-state index contributed by atoms with van der Waals surface area (Å²) in [4.78, 5) is 0. The van der Waals surface area contributed by atoms with Gasteiger partial charge in [-0.05, 0) is 25.3 Å². The van der Waals surface area contributed by atoms with E-state index in [1.807, 2.05) is 0 Å². The van der Waals surface area contributed by atoms with E-state index >= 15 is 0 Å². The van der Waals surface area contributed by atoms with Crippen LogP contribution in [0.5, 0.6) is 0 Å². The first kappa shape index (κ1) is 9.03. The summed E-state index contributed by atoms with van der Waals surface area (Å²) < 4.78 is 11.0. The molecule has 3 heteroatoms. The predicted octanol–water partition coefficient (Wildman–Crippen LogP) is 1.19. The fraction of sp³-hybridized carbons (Fsp3) is 0.800. The summed E-state index contributed by atoms with van der Waals surface area (Å²) >= 11 is 0. The number of nitrogens with two attached hydrogens (primary N) is 1. The van der Waals surface area contributed by atoms with E-state index in [0.29, 0.717) is 0 Å². The quantitative estimate of drug-likeness (QED) is 0.714. The Kier molecular flexibility index (Phi) is 2.30. The third-order valence-electron chi connectivity index (χ3n) is 3.21. The smallest absolute Gasteiger partial charge is 0.112 e. The average molecular weight is 183 g/mol. The third kappa shape index (κ3) is 1.36. The van der Waals surface area contributed by atoms with E-state index < -0.39 is 0 Å². The lowest BCUT2D eigenvalue weighted by Gasteiger charge is -2.44. The monoisotopic (exact) mass is 183 g/mol. The van der Waals surface area contributed by atoms with Crippen molar-refractivity contribution in [3.8, 4) is 0 Å². The van der Waals surface area contributed by atoms with Gasteiger partial charge in [-0.15, -0.1) is 0 Å². The minimum atomic E-state index is -0.129. The Morgan fingerprint density at radius 3 is 2.77 bits per heavy atom. The van der Waals surface area contributed by atoms with Crippen molar-refractivity contribution in [1.29, 1.82) is 0 Å². The average Bonchev–Trinajstić information content (AvgIpc) is 2.54. The summed E-state index contributed by atoms with van der Waals surface area (Å²) in [7, 11) is 1.74. The van der Waals surface area contributed by atoms with E-state index in [9.17, 15) is 0 Å². The molecule has 3 nitrogen and oxygen atoms in total. The number of hydrogen-bond donors (Lipinski definition) is 1. The molecule has 0 spiro atoms. The van der Waals surface area contributed by atoms with Crippen LogP contribution < -0.4 is 5.73 Å². The maximum absolute atomic E-state index is 6.11. The van der Waals surface area contributed by atoms with Crippen molar-refractivity contribution in [2.45, 2.75) is 37.3 Å². The molecule has 1 heterocycles. The summed E-state index contributed by atoms with van der Waals surface area (Å²) in [6, 6.07) is -0.0613. The van der Waals surface area contributed by atoms with Gasteiger partial charge in [0.15, 0.2) is 0 Å². The van der Waals surface area contributed by atoms with Crippen LogP contribution in [0, 0.1) is 0 Å². The summed E-state index contributed by atoms with van der Waals surface area (Å²) in [5, 5.41) is 0. The van der Waals surface area contributed by atoms with Gasteiger partial charge in [0.25, 0.3) is 0 Å². The van der Waals surface area contributed by atoms with Crippen LogP contribution in [0.4, 0.5) is 0 Å². The molecule has 0 saturated heterocycles. The molecule has 1 fully saturated rings. The van der Waals surface area contributed by atoms with E-state index in [1.54, 1.807) is 7.11 Å². The first-order valence-electron chi connectivity index (χ1n) is 4.92. The Labute approximate surface area is 78.9 Å². The second kappa shape index (κ2) is 3.31. The van der Waals surface area contributed by atoms with Crippen molar-refractivity contribution in [1.82, 2.24) is 0 Å². The van der Waals surface area contributed by atoms with Gasteiger partial charge in [0.05, 0.1) is 18.2 Å². The Morgan fingerprint density at radius 2 is 2.38 bits per heavy atom. The molecule has 1 aliphatic carbocycles. The summed E-state index contributed by atoms with van der Waals surface area (Å²) in [6.45, 7) is 0.781. The minimum Gasteiger partial charge on any atom is -0.496 e. The molecule has 2 N–H and O–H groups in total. The van der Waals surface area contributed by atoms with Crippen LogP contribution >= 0.6 is 0 Å². The Bertz CT molecular complexity index is 215. The van der Waals surface area contributed by atoms with Gasteiger partial charge in [0.2, 0.25) is 0 Å². The number of ether oxygens (including phenoxy) is 2. The van der Waals surface area contributed by atoms with Gasteiger partial charge in [-0.2, -0.15) is 0 Å². The van der Waals surface area contributed by atoms with Gasteiger partial charge in [-0.1, -0.05) is 0 Å². The molecule has 2 aliphatic rings. The van der Waals surface area contributed by atoms with Gasteiger partial charge < -0.3 is 15.2 Å². The first-order valence-corrected chi connectivity index (χ1v) is 4.92. The van der Waals surface area contributed by atoms with Crippen molar-refractivity contribution in [2.75, 3.05) is 13.7 Å². The van der Waals surface area contributed by atoms with Crippen molar-refractivity contribution in [2.24, 2.45) is 5.73 Å². The standard InChI is InChI=1S/C10H17NO2/c1-12-10(5-3-6-10)9(11)8-4-2-7-13-8/h4,9H,2-3,5-7,11H2,1H3. The number of hydrogen-bond acceptors (Lipinski definition) is 3. The van der Waals surface area contributed by atoms with Crippen LogP contribution in [0.25, 0.3) is 0 Å². The number of rotatable bonds is 3. The number of methoxy groups -OCH3 is 1. The SMILES string of the molecule is COC1(C(N)C2=CCCO2)CCC1. The largest absolute Gasteiger partial charge is 0.496 e. The highest BCUT2D eigenvalue weighted by Crippen LogP contribution is 2.40. The van der Waals surface area contributed by atoms with Crippen molar-refractivity contribution >= 4 is 0 Å². The van der Waals surface area contributed by atoms with Gasteiger partial charge >= 0.3 is 0 Å². The lowest BCUT2D eigenvalue weighted by Crippen LogP contribution is -2.55. The first-order chi connectivity index (χ1) is 6.28. The Morgan fingerprint density at radius 1 is 1.62 bits per heavy atom. The molecule has 0 aromatic rings. The van der Waals surface area contributed by atoms with Crippen LogP contribution in [0.3, 0.4) is 0 Å². The molecule has 0 aromatic heterocycles. The molecular weight excluding hydrogens is 166 g/mol. The maximum Gasteiger partial charge on any atom is 0.112 e. The van der Waals surface area contributed by atoms with Crippen molar-refractivity contribution in [3.63, 3.8) is 0 Å². The van der Waals surface area contributed by atoms with Gasteiger partial charge in [0.1, 0.15) is 5.76 Å². The van der Waals surface area contributed by atoms with Crippen molar-refractivity contribution < 1.29 is 9.47 Å². The highest BCUT2D eigenvalue weighted by molar-refractivity contribution is 5.16. The van der Waals surface area contributed by atoms with Crippen LogP contribution in [-0.2, 0) is 9.47 Å². The van der Waals surface area contributed by atoms with Crippen LogP contribution in [-0.4, -0.2) is 25.4 Å². The molecule has 2 rings (SSSR count). The zero-order valence-electron chi connectivity index (χ0n) is 8.08. The molecule has 1 atom stereocenters. The molecule has 1 aliphatic heterocycles. The normalized spacial score (nSPS) is 27.4. The third-order valence-corrected chi connectivity index (χ3v) is 3.21. The van der Waals surface area contributed by atoms with Gasteiger partial charge in [-0.25, -0.2) is 0 Å². The highest BCUT2D eigenvalue weighted by Gasteiger charge is 2.45. The van der Waals surface area contributed by atoms with Crippen molar-refractivity contribution in [3.05, 3.63) is 11.8 Å². The Hall–Kier alpha value is -0.540. The fourth-order valence-corrected chi connectivity index (χ4v) is 2.08. The molecule has 0 aromatic carbocycles. The van der Waals surface area contributed by atoms with E-state index in [0.717, 1.165) is 31.6 Å². The summed E-state index contributed by atoms with van der Waals surface area (Å²) in [5.41, 5.74) is 5.98. The minimum absolute atomic E-state index is 0.0613. The molecule has 0 bridgehead atoms. The van der Waals surface area contributed by atoms with Crippen LogP contribution in [0.15, 0.2) is 11.8 Å². The topological polar surface area (TPSA) is 44.5 Å². The van der Waals surface area contributed by atoms with Gasteiger partial charge in [-0.3, -0.25) is 0 Å². The van der Waals surface area contributed by atoms with E-state index in [2.05, 4.69) is 6.08 Å². The molecular formula is C10H17NO2. The van der Waals surface area contributed by atoms with E-state index in [1.165, 1.54) is 6.42 Å². The molecule has 1 unspecified atom stereocenters. The molecule has 0 radical (unpaired) electrons. The highest BCUT2D eigenvalue weighted by atomic mass is 16.5. The fourth-order valence-electron chi connectivity index (χ4n) is 2.08. The lowest BCUT2D eigenvalue weighted by atomic mass is 9.74. The van der Waals surface area contributed by atoms with Crippen LogP contribution in [0.2, 0.25) is 0 Å². The zero-order valence-corrected chi connectivity index (χ0v) is 8.08. The molecule has 74 valence electrons. The lowest BCUT2D eigenvalue weighted by molar-refractivity contribution is -0.0902. The second-order valence-corrected chi connectivity index (χ2v) is 3.84. The molecule has 1 saturated carbocycles.